The predicted octanol–water partition coefficient (Wildman–Crippen LogP) is 6.02. The van der Waals surface area contributed by atoms with Crippen molar-refractivity contribution in [1.82, 2.24) is 10.2 Å². The summed E-state index contributed by atoms with van der Waals surface area (Å²) in [5.41, 5.74) is 2.70. The van der Waals surface area contributed by atoms with E-state index in [1.165, 1.54) is 4.90 Å². The summed E-state index contributed by atoms with van der Waals surface area (Å²) in [4.78, 5) is 29.1. The van der Waals surface area contributed by atoms with Crippen LogP contribution in [0.4, 0.5) is 5.69 Å². The van der Waals surface area contributed by atoms with E-state index in [2.05, 4.69) is 5.32 Å². The zero-order valence-electron chi connectivity index (χ0n) is 23.8. The second-order valence-electron chi connectivity index (χ2n) is 10.7. The predicted molar refractivity (Wildman–Crippen MR) is 163 cm³/mol. The van der Waals surface area contributed by atoms with Gasteiger partial charge < -0.3 is 10.2 Å². The molecule has 0 spiro atoms. The number of hydrogen-bond donors (Lipinski definition) is 1. The molecule has 41 heavy (non-hydrogen) atoms. The monoisotopic (exact) mass is 595 g/mol. The van der Waals surface area contributed by atoms with Crippen LogP contribution in [-0.2, 0) is 26.2 Å². The molecule has 1 fully saturated rings. The number of carbonyl (C=O) groups is 2. The van der Waals surface area contributed by atoms with Gasteiger partial charge in [-0.1, -0.05) is 85.0 Å². The highest BCUT2D eigenvalue weighted by Gasteiger charge is 2.34. The maximum absolute atomic E-state index is 14.1. The Bertz CT molecular complexity index is 1470. The summed E-state index contributed by atoms with van der Waals surface area (Å²) in [6, 6.07) is 20.0. The molecule has 0 radical (unpaired) electrons. The largest absolute Gasteiger partial charge is 0.352 e. The summed E-state index contributed by atoms with van der Waals surface area (Å²) in [6.07, 6.45) is 5.09. The van der Waals surface area contributed by atoms with Gasteiger partial charge in [0.25, 0.3) is 10.0 Å². The van der Waals surface area contributed by atoms with Crippen molar-refractivity contribution in [3.05, 3.63) is 94.5 Å². The maximum atomic E-state index is 14.1. The van der Waals surface area contributed by atoms with Crippen molar-refractivity contribution in [1.29, 1.82) is 0 Å². The Kier molecular flexibility index (Phi) is 10.1. The zero-order chi connectivity index (χ0) is 29.6. The fourth-order valence-corrected chi connectivity index (χ4v) is 6.83. The second-order valence-corrected chi connectivity index (χ2v) is 13.0. The van der Waals surface area contributed by atoms with Crippen LogP contribution in [0.2, 0.25) is 5.02 Å². The van der Waals surface area contributed by atoms with Crippen molar-refractivity contribution in [2.75, 3.05) is 10.8 Å². The van der Waals surface area contributed by atoms with Crippen LogP contribution in [0.5, 0.6) is 0 Å². The normalized spacial score (nSPS) is 14.7. The quantitative estimate of drug-likeness (QED) is 0.311. The number of rotatable bonds is 10. The molecular weight excluding hydrogens is 558 g/mol. The Morgan fingerprint density at radius 3 is 2.22 bits per heavy atom. The highest BCUT2D eigenvalue weighted by Crippen LogP contribution is 2.28. The molecule has 218 valence electrons. The minimum Gasteiger partial charge on any atom is -0.352 e. The number of sulfonamides is 1. The molecule has 1 aliphatic carbocycles. The molecule has 1 saturated carbocycles. The van der Waals surface area contributed by atoms with E-state index in [4.69, 9.17) is 11.6 Å². The van der Waals surface area contributed by atoms with Gasteiger partial charge in [0, 0.05) is 17.6 Å². The Morgan fingerprint density at radius 2 is 1.56 bits per heavy atom. The summed E-state index contributed by atoms with van der Waals surface area (Å²) in [7, 11) is -4.11. The van der Waals surface area contributed by atoms with Crippen LogP contribution in [0, 0.1) is 13.8 Å². The number of amides is 2. The van der Waals surface area contributed by atoms with Crippen molar-refractivity contribution in [2.45, 2.75) is 76.4 Å². The van der Waals surface area contributed by atoms with Gasteiger partial charge in [-0.2, -0.15) is 0 Å². The molecule has 9 heteroatoms. The first kappa shape index (κ1) is 30.6. The Balaban J connectivity index is 1.69. The number of hydrogen-bond acceptors (Lipinski definition) is 4. The summed E-state index contributed by atoms with van der Waals surface area (Å²) >= 11 is 6.46. The second kappa shape index (κ2) is 13.5. The average molecular weight is 596 g/mol. The van der Waals surface area contributed by atoms with Crippen molar-refractivity contribution in [3.8, 4) is 0 Å². The molecule has 1 N–H and O–H groups in total. The first-order chi connectivity index (χ1) is 19.6. The molecule has 0 saturated heterocycles. The number of nitrogens with zero attached hydrogens (tertiary/aromatic N) is 2. The topological polar surface area (TPSA) is 86.8 Å². The highest BCUT2D eigenvalue weighted by atomic mass is 35.5. The standard InChI is InChI=1S/C32H38ClN3O4S/c1-23-17-19-28(20-18-23)41(39,40)36(30-16-10-7-11-24(30)2)22-31(37)35(21-26-12-8-9-15-29(26)33)25(3)32(38)34-27-13-5-4-6-14-27/h7-12,15-20,25,27H,4-6,13-14,21-22H2,1-3H3,(H,34,38). The van der Waals surface area contributed by atoms with Crippen LogP contribution < -0.4 is 9.62 Å². The molecular formula is C32H38ClN3O4S. The minimum atomic E-state index is -4.11. The van der Waals surface area contributed by atoms with E-state index in [0.29, 0.717) is 21.8 Å². The molecule has 0 heterocycles. The number of para-hydroxylation sites is 1. The van der Waals surface area contributed by atoms with Gasteiger partial charge in [0.1, 0.15) is 12.6 Å². The number of aryl methyl sites for hydroxylation is 2. The van der Waals surface area contributed by atoms with Gasteiger partial charge >= 0.3 is 0 Å². The van der Waals surface area contributed by atoms with Gasteiger partial charge in [-0.05, 0) is 69.0 Å². The van der Waals surface area contributed by atoms with E-state index in [1.54, 1.807) is 74.5 Å². The Labute approximate surface area is 248 Å². The van der Waals surface area contributed by atoms with Crippen molar-refractivity contribution < 1.29 is 18.0 Å². The number of nitrogens with one attached hydrogen (secondary N) is 1. The smallest absolute Gasteiger partial charge is 0.264 e. The summed E-state index contributed by atoms with van der Waals surface area (Å²) in [6.45, 7) is 4.95. The molecule has 3 aromatic carbocycles. The summed E-state index contributed by atoms with van der Waals surface area (Å²) in [5.74, 6) is -0.767. The molecule has 7 nitrogen and oxygen atoms in total. The van der Waals surface area contributed by atoms with Gasteiger partial charge in [0.2, 0.25) is 11.8 Å². The van der Waals surface area contributed by atoms with Gasteiger partial charge in [-0.15, -0.1) is 0 Å². The Hall–Kier alpha value is -3.36. The zero-order valence-corrected chi connectivity index (χ0v) is 25.4. The third kappa shape index (κ3) is 7.49. The van der Waals surface area contributed by atoms with E-state index in [0.717, 1.165) is 42.0 Å². The van der Waals surface area contributed by atoms with Crippen LogP contribution in [-0.4, -0.2) is 43.8 Å². The van der Waals surface area contributed by atoms with Crippen molar-refractivity contribution in [2.24, 2.45) is 0 Å². The molecule has 1 unspecified atom stereocenters. The number of benzene rings is 3. The Morgan fingerprint density at radius 1 is 0.927 bits per heavy atom. The summed E-state index contributed by atoms with van der Waals surface area (Å²) in [5, 5.41) is 3.58. The minimum absolute atomic E-state index is 0.0595. The molecule has 4 rings (SSSR count). The van der Waals surface area contributed by atoms with E-state index in [1.807, 2.05) is 19.1 Å². The third-order valence-corrected chi connectivity index (χ3v) is 9.83. The molecule has 0 aromatic heterocycles. The van der Waals surface area contributed by atoms with Crippen molar-refractivity contribution >= 4 is 39.1 Å². The van der Waals surface area contributed by atoms with Gasteiger partial charge in [0.05, 0.1) is 10.6 Å². The average Bonchev–Trinajstić information content (AvgIpc) is 2.96. The highest BCUT2D eigenvalue weighted by molar-refractivity contribution is 7.92. The van der Waals surface area contributed by atoms with Crippen LogP contribution in [0.3, 0.4) is 0 Å². The maximum Gasteiger partial charge on any atom is 0.264 e. The molecule has 0 aliphatic heterocycles. The van der Waals surface area contributed by atoms with E-state index < -0.39 is 28.5 Å². The van der Waals surface area contributed by atoms with E-state index in [-0.39, 0.29) is 23.4 Å². The fraction of sp³-hybridized carbons (Fsp3) is 0.375. The van der Waals surface area contributed by atoms with E-state index >= 15 is 0 Å². The molecule has 1 aliphatic rings. The van der Waals surface area contributed by atoms with Gasteiger partial charge in [-0.25, -0.2) is 8.42 Å². The van der Waals surface area contributed by atoms with Crippen LogP contribution in [0.1, 0.15) is 55.7 Å². The molecule has 3 aromatic rings. The lowest BCUT2D eigenvalue weighted by molar-refractivity contribution is -0.139. The van der Waals surface area contributed by atoms with Gasteiger partial charge in [0.15, 0.2) is 0 Å². The number of anilines is 1. The first-order valence-electron chi connectivity index (χ1n) is 14.1. The van der Waals surface area contributed by atoms with E-state index in [9.17, 15) is 18.0 Å². The lowest BCUT2D eigenvalue weighted by Gasteiger charge is -2.33. The lowest BCUT2D eigenvalue weighted by Crippen LogP contribution is -2.53. The van der Waals surface area contributed by atoms with Crippen molar-refractivity contribution in [3.63, 3.8) is 0 Å². The number of halogens is 1. The van der Waals surface area contributed by atoms with Crippen LogP contribution in [0.25, 0.3) is 0 Å². The molecule has 0 bridgehead atoms. The van der Waals surface area contributed by atoms with Crippen LogP contribution >= 0.6 is 11.6 Å². The van der Waals surface area contributed by atoms with Gasteiger partial charge in [-0.3, -0.25) is 13.9 Å². The first-order valence-corrected chi connectivity index (χ1v) is 15.9. The van der Waals surface area contributed by atoms with Crippen LogP contribution in [0.15, 0.2) is 77.7 Å². The molecule has 2 amide bonds. The fourth-order valence-electron chi connectivity index (χ4n) is 5.16. The molecule has 1 atom stereocenters. The number of carbonyl (C=O) groups excluding carboxylic acids is 2. The summed E-state index contributed by atoms with van der Waals surface area (Å²) < 4.78 is 29.1. The lowest BCUT2D eigenvalue weighted by atomic mass is 9.95. The SMILES string of the molecule is Cc1ccc(S(=O)(=O)N(CC(=O)N(Cc2ccccc2Cl)C(C)C(=O)NC2CCCCC2)c2ccccc2C)cc1. The third-order valence-electron chi connectivity index (χ3n) is 7.69.